The van der Waals surface area contributed by atoms with Gasteiger partial charge in [0.05, 0.1) is 5.02 Å². The lowest BCUT2D eigenvalue weighted by Gasteiger charge is -2.16. The molecule has 0 aliphatic rings. The van der Waals surface area contributed by atoms with Crippen LogP contribution in [0.15, 0.2) is 18.2 Å². The second-order valence-corrected chi connectivity index (χ2v) is 4.62. The average molecular weight is 272 g/mol. The predicted molar refractivity (Wildman–Crippen MR) is 71.0 cm³/mol. The predicted octanol–water partition coefficient (Wildman–Crippen LogP) is 2.99. The van der Waals surface area contributed by atoms with E-state index in [1.807, 2.05) is 13.8 Å². The Labute approximate surface area is 112 Å². The van der Waals surface area contributed by atoms with Crippen molar-refractivity contribution in [1.29, 1.82) is 0 Å². The number of benzene rings is 1. The van der Waals surface area contributed by atoms with Crippen molar-refractivity contribution >= 4 is 17.6 Å². The number of aliphatic carboxylic acids is 1. The summed E-state index contributed by atoms with van der Waals surface area (Å²) in [5.41, 5.74) is 6.62. The van der Waals surface area contributed by atoms with Gasteiger partial charge in [-0.1, -0.05) is 31.0 Å². The molecule has 1 unspecified atom stereocenters. The number of halogens is 1. The summed E-state index contributed by atoms with van der Waals surface area (Å²) in [5, 5.41) is 9.39. The summed E-state index contributed by atoms with van der Waals surface area (Å²) in [6.45, 7) is 3.75. The van der Waals surface area contributed by atoms with Gasteiger partial charge in [0.1, 0.15) is 5.75 Å². The van der Waals surface area contributed by atoms with Gasteiger partial charge in [-0.2, -0.15) is 0 Å². The van der Waals surface area contributed by atoms with E-state index < -0.39 is 12.1 Å². The van der Waals surface area contributed by atoms with E-state index in [1.165, 1.54) is 0 Å². The van der Waals surface area contributed by atoms with E-state index in [0.717, 1.165) is 12.0 Å². The maximum Gasteiger partial charge on any atom is 0.344 e. The van der Waals surface area contributed by atoms with Gasteiger partial charge in [0, 0.05) is 6.04 Å². The average Bonchev–Trinajstić information content (AvgIpc) is 2.30. The van der Waals surface area contributed by atoms with Gasteiger partial charge in [0.15, 0.2) is 6.10 Å². The first-order chi connectivity index (χ1) is 8.45. The lowest BCUT2D eigenvalue weighted by molar-refractivity contribution is -0.145. The maximum atomic E-state index is 11.0. The third kappa shape index (κ3) is 3.89. The van der Waals surface area contributed by atoms with Crippen molar-refractivity contribution in [3.8, 4) is 5.75 Å². The molecule has 5 heteroatoms. The van der Waals surface area contributed by atoms with Gasteiger partial charge in [0.25, 0.3) is 0 Å². The first-order valence-electron chi connectivity index (χ1n) is 5.90. The molecule has 0 fully saturated rings. The molecule has 2 atom stereocenters. The third-order valence-corrected chi connectivity index (χ3v) is 2.87. The molecule has 1 rings (SSSR count). The van der Waals surface area contributed by atoms with E-state index in [1.54, 1.807) is 18.2 Å². The Morgan fingerprint density at radius 1 is 1.56 bits per heavy atom. The minimum Gasteiger partial charge on any atom is -0.479 e. The first-order valence-corrected chi connectivity index (χ1v) is 6.28. The minimum absolute atomic E-state index is 0.123. The van der Waals surface area contributed by atoms with Crippen molar-refractivity contribution in [2.75, 3.05) is 0 Å². The van der Waals surface area contributed by atoms with E-state index in [9.17, 15) is 4.79 Å². The molecule has 4 nitrogen and oxygen atoms in total. The maximum absolute atomic E-state index is 11.0. The summed E-state index contributed by atoms with van der Waals surface area (Å²) < 4.78 is 5.41. The molecular formula is C13H18ClNO3. The highest BCUT2D eigenvalue weighted by molar-refractivity contribution is 6.32. The van der Waals surface area contributed by atoms with Crippen molar-refractivity contribution in [1.82, 2.24) is 0 Å². The fourth-order valence-electron chi connectivity index (χ4n) is 1.54. The highest BCUT2D eigenvalue weighted by atomic mass is 35.5. The van der Waals surface area contributed by atoms with Gasteiger partial charge in [-0.25, -0.2) is 4.79 Å². The number of carboxylic acid groups (broad SMARTS) is 1. The molecule has 1 aromatic rings. The van der Waals surface area contributed by atoms with E-state index >= 15 is 0 Å². The van der Waals surface area contributed by atoms with Crippen molar-refractivity contribution in [3.63, 3.8) is 0 Å². The second kappa shape index (κ2) is 6.61. The van der Waals surface area contributed by atoms with Crippen molar-refractivity contribution in [2.24, 2.45) is 5.73 Å². The van der Waals surface area contributed by atoms with Crippen LogP contribution in [0.4, 0.5) is 0 Å². The molecule has 18 heavy (non-hydrogen) atoms. The highest BCUT2D eigenvalue weighted by Gasteiger charge is 2.19. The summed E-state index contributed by atoms with van der Waals surface area (Å²) in [6.07, 6.45) is 0.307. The molecule has 0 heterocycles. The summed E-state index contributed by atoms with van der Waals surface area (Å²) in [5.74, 6) is -0.605. The quantitative estimate of drug-likeness (QED) is 0.834. The zero-order valence-corrected chi connectivity index (χ0v) is 11.3. The summed E-state index contributed by atoms with van der Waals surface area (Å²) in [6, 6.07) is 5.03. The van der Waals surface area contributed by atoms with Crippen LogP contribution in [0.3, 0.4) is 0 Å². The molecule has 100 valence electrons. The fourth-order valence-corrected chi connectivity index (χ4v) is 1.78. The van der Waals surface area contributed by atoms with Crippen molar-refractivity contribution in [2.45, 2.75) is 38.8 Å². The van der Waals surface area contributed by atoms with Gasteiger partial charge >= 0.3 is 5.97 Å². The molecule has 0 radical (unpaired) electrons. The van der Waals surface area contributed by atoms with E-state index in [4.69, 9.17) is 27.2 Å². The Kier molecular flexibility index (Phi) is 5.44. The number of ether oxygens (including phenoxy) is 1. The van der Waals surface area contributed by atoms with E-state index in [2.05, 4.69) is 0 Å². The van der Waals surface area contributed by atoms with Crippen LogP contribution >= 0.6 is 11.6 Å². The van der Waals surface area contributed by atoms with Gasteiger partial charge in [-0.3, -0.25) is 0 Å². The van der Waals surface area contributed by atoms with Crippen molar-refractivity contribution < 1.29 is 14.6 Å². The Morgan fingerprint density at radius 3 is 2.67 bits per heavy atom. The molecule has 0 bridgehead atoms. The molecule has 0 amide bonds. The van der Waals surface area contributed by atoms with Gasteiger partial charge in [-0.05, 0) is 31.0 Å². The molecule has 0 spiro atoms. The molecular weight excluding hydrogens is 254 g/mol. The number of nitrogens with two attached hydrogens (primary N) is 1. The SMILES string of the molecule is CCCC(Oc1ccc([C@@H](C)N)cc1Cl)C(=O)O. The van der Waals surface area contributed by atoms with Crippen LogP contribution in [0, 0.1) is 0 Å². The lowest BCUT2D eigenvalue weighted by atomic mass is 10.1. The summed E-state index contributed by atoms with van der Waals surface area (Å²) >= 11 is 6.05. The number of hydrogen-bond acceptors (Lipinski definition) is 3. The molecule has 0 aliphatic heterocycles. The van der Waals surface area contributed by atoms with Crippen molar-refractivity contribution in [3.05, 3.63) is 28.8 Å². The van der Waals surface area contributed by atoms with Gasteiger partial charge < -0.3 is 15.6 Å². The standard InChI is InChI=1S/C13H18ClNO3/c1-3-4-12(13(16)17)18-11-6-5-9(8(2)15)7-10(11)14/h5-8,12H,3-4,15H2,1-2H3,(H,16,17)/t8-,12?/m1/s1. The van der Waals surface area contributed by atoms with Gasteiger partial charge in [-0.15, -0.1) is 0 Å². The Hall–Kier alpha value is -1.26. The number of rotatable bonds is 6. The number of carboxylic acids is 1. The van der Waals surface area contributed by atoms with Crippen LogP contribution in [-0.2, 0) is 4.79 Å². The Morgan fingerprint density at radius 2 is 2.22 bits per heavy atom. The zero-order valence-electron chi connectivity index (χ0n) is 10.5. The first kappa shape index (κ1) is 14.8. The molecule has 0 saturated carbocycles. The summed E-state index contributed by atoms with van der Waals surface area (Å²) in [4.78, 5) is 11.0. The highest BCUT2D eigenvalue weighted by Crippen LogP contribution is 2.28. The molecule has 0 aliphatic carbocycles. The third-order valence-electron chi connectivity index (χ3n) is 2.58. The molecule has 0 saturated heterocycles. The van der Waals surface area contributed by atoms with E-state index in [-0.39, 0.29) is 6.04 Å². The van der Waals surface area contributed by atoms with Crippen LogP contribution in [0.1, 0.15) is 38.3 Å². The summed E-state index contributed by atoms with van der Waals surface area (Å²) in [7, 11) is 0. The number of carbonyl (C=O) groups is 1. The van der Waals surface area contributed by atoms with Crippen LogP contribution in [0.5, 0.6) is 5.75 Å². The monoisotopic (exact) mass is 271 g/mol. The lowest BCUT2D eigenvalue weighted by Crippen LogP contribution is -2.26. The van der Waals surface area contributed by atoms with Crippen LogP contribution in [0.2, 0.25) is 5.02 Å². The van der Waals surface area contributed by atoms with Crippen LogP contribution < -0.4 is 10.5 Å². The largest absolute Gasteiger partial charge is 0.479 e. The smallest absolute Gasteiger partial charge is 0.344 e. The van der Waals surface area contributed by atoms with E-state index in [0.29, 0.717) is 17.2 Å². The fraction of sp³-hybridized carbons (Fsp3) is 0.462. The molecule has 3 N–H and O–H groups in total. The van der Waals surface area contributed by atoms with Crippen LogP contribution in [0.25, 0.3) is 0 Å². The molecule has 0 aromatic heterocycles. The van der Waals surface area contributed by atoms with Gasteiger partial charge in [0.2, 0.25) is 0 Å². The normalized spacial score (nSPS) is 14.0. The zero-order chi connectivity index (χ0) is 13.7. The Balaban J connectivity index is 2.86. The second-order valence-electron chi connectivity index (χ2n) is 4.21. The minimum atomic E-state index is -0.982. The Bertz CT molecular complexity index is 421. The number of hydrogen-bond donors (Lipinski definition) is 2. The molecule has 1 aromatic carbocycles. The topological polar surface area (TPSA) is 72.5 Å². The van der Waals surface area contributed by atoms with Crippen LogP contribution in [-0.4, -0.2) is 17.2 Å².